The molecule has 0 aliphatic rings. The second kappa shape index (κ2) is 3.90. The summed E-state index contributed by atoms with van der Waals surface area (Å²) in [4.78, 5) is 9.60. The average molecular weight is 142 g/mol. The summed E-state index contributed by atoms with van der Waals surface area (Å²) in [6.45, 7) is 4.60. The van der Waals surface area contributed by atoms with E-state index in [1.54, 1.807) is 0 Å². The Morgan fingerprint density at radius 2 is 1.86 bits per heavy atom. The number of aliphatic carboxylic acids is 1. The Morgan fingerprint density at radius 3 is 1.86 bits per heavy atom. The summed E-state index contributed by atoms with van der Waals surface area (Å²) in [7, 11) is 0. The number of carboxylic acid groups (broad SMARTS) is 1. The van der Waals surface area contributed by atoms with Crippen molar-refractivity contribution in [3.8, 4) is 0 Å². The normalized spacial score (nSPS) is 6.43. The third-order valence-electron chi connectivity index (χ3n) is 0.365. The zero-order chi connectivity index (χ0) is 5.15. The second-order valence-corrected chi connectivity index (χ2v) is 1.09. The van der Waals surface area contributed by atoms with E-state index >= 15 is 0 Å². The summed E-state index contributed by atoms with van der Waals surface area (Å²) in [5.74, 6) is -0.935. The number of hydrogen-bond acceptors (Lipinski definition) is 1. The maximum atomic E-state index is 9.60. The van der Waals surface area contributed by atoms with Crippen LogP contribution in [0.1, 0.15) is 6.92 Å². The first-order chi connectivity index (χ1) is 2.64. The summed E-state index contributed by atoms with van der Waals surface area (Å²) in [6.07, 6.45) is 0. The van der Waals surface area contributed by atoms with Gasteiger partial charge in [-0.1, -0.05) is 6.58 Å². The van der Waals surface area contributed by atoms with Crippen molar-refractivity contribution in [2.24, 2.45) is 0 Å². The number of hydrogen-bond donors (Lipinski definition) is 1. The molecule has 0 saturated heterocycles. The van der Waals surface area contributed by atoms with Gasteiger partial charge in [0.15, 0.2) is 0 Å². The van der Waals surface area contributed by atoms with E-state index in [1.165, 1.54) is 6.92 Å². The smallest absolute Gasteiger partial charge is 0.330 e. The van der Waals surface area contributed by atoms with Crippen molar-refractivity contribution in [1.82, 2.24) is 0 Å². The van der Waals surface area contributed by atoms with Crippen LogP contribution >= 0.6 is 0 Å². The van der Waals surface area contributed by atoms with Crippen LogP contribution in [0.3, 0.4) is 0 Å². The number of rotatable bonds is 1. The van der Waals surface area contributed by atoms with Crippen molar-refractivity contribution < 1.29 is 27.0 Å². The Morgan fingerprint density at radius 1 is 1.71 bits per heavy atom. The summed E-state index contributed by atoms with van der Waals surface area (Å²) in [5, 5.41) is 7.89. The molecular formula is C4H6FeO2. The Kier molecular flexibility index (Phi) is 5.51. The molecule has 0 saturated carbocycles. The second-order valence-electron chi connectivity index (χ2n) is 1.09. The Bertz CT molecular complexity index is 75.7. The van der Waals surface area contributed by atoms with E-state index in [2.05, 4.69) is 6.58 Å². The predicted octanol–water partition coefficient (Wildman–Crippen LogP) is 0.645. The van der Waals surface area contributed by atoms with Gasteiger partial charge in [-0.3, -0.25) is 0 Å². The number of carbonyl (C=O) groups is 1. The van der Waals surface area contributed by atoms with Gasteiger partial charge in [0.2, 0.25) is 0 Å². The van der Waals surface area contributed by atoms with Crippen LogP contribution in [0.5, 0.6) is 0 Å². The van der Waals surface area contributed by atoms with Crippen LogP contribution in [0.15, 0.2) is 12.2 Å². The molecule has 0 amide bonds. The van der Waals surface area contributed by atoms with E-state index in [0.29, 0.717) is 0 Å². The van der Waals surface area contributed by atoms with Gasteiger partial charge in [-0.2, -0.15) is 0 Å². The van der Waals surface area contributed by atoms with Gasteiger partial charge in [-0.25, -0.2) is 4.79 Å². The summed E-state index contributed by atoms with van der Waals surface area (Å²) >= 11 is 0. The molecule has 42 valence electrons. The van der Waals surface area contributed by atoms with Crippen LogP contribution in [0.4, 0.5) is 0 Å². The molecule has 0 atom stereocenters. The third-order valence-corrected chi connectivity index (χ3v) is 0.365. The molecule has 0 bridgehead atoms. The van der Waals surface area contributed by atoms with E-state index < -0.39 is 5.97 Å². The molecule has 7 heavy (non-hydrogen) atoms. The van der Waals surface area contributed by atoms with Gasteiger partial charge in [-0.15, -0.1) is 0 Å². The molecule has 0 heterocycles. The molecule has 0 unspecified atom stereocenters. The maximum Gasteiger partial charge on any atom is 0.330 e. The monoisotopic (exact) mass is 142 g/mol. The standard InChI is InChI=1S/C4H6O2.Fe/c1-3(2)4(5)6;/h1H2,2H3,(H,5,6);. The molecule has 2 nitrogen and oxygen atoms in total. The van der Waals surface area contributed by atoms with Crippen LogP contribution < -0.4 is 0 Å². The fourth-order valence-corrected chi connectivity index (χ4v) is 0. The first kappa shape index (κ1) is 9.88. The molecule has 3 heteroatoms. The molecule has 0 radical (unpaired) electrons. The first-order valence-corrected chi connectivity index (χ1v) is 1.53. The van der Waals surface area contributed by atoms with Crippen LogP contribution in [0.25, 0.3) is 0 Å². The fourth-order valence-electron chi connectivity index (χ4n) is 0. The zero-order valence-corrected chi connectivity index (χ0v) is 5.02. The quantitative estimate of drug-likeness (QED) is 0.430. The van der Waals surface area contributed by atoms with E-state index in [1.807, 2.05) is 0 Å². The molecule has 1 N–H and O–H groups in total. The Balaban J connectivity index is 0. The largest absolute Gasteiger partial charge is 0.478 e. The van der Waals surface area contributed by atoms with Gasteiger partial charge < -0.3 is 5.11 Å². The van der Waals surface area contributed by atoms with Crippen molar-refractivity contribution >= 4 is 5.97 Å². The molecule has 0 rings (SSSR count). The van der Waals surface area contributed by atoms with Gasteiger partial charge in [0.25, 0.3) is 0 Å². The van der Waals surface area contributed by atoms with Crippen molar-refractivity contribution in [3.63, 3.8) is 0 Å². The van der Waals surface area contributed by atoms with Crippen LogP contribution in [-0.2, 0) is 21.9 Å². The minimum Gasteiger partial charge on any atom is -0.478 e. The summed E-state index contributed by atoms with van der Waals surface area (Å²) in [6, 6.07) is 0. The SMILES string of the molecule is C=C(C)C(=O)O.[Fe]. The average Bonchev–Trinajstić information content (AvgIpc) is 1.36. The fraction of sp³-hybridized carbons (Fsp3) is 0.250. The topological polar surface area (TPSA) is 37.3 Å². The molecule has 0 aromatic rings. The summed E-state index contributed by atoms with van der Waals surface area (Å²) < 4.78 is 0. The summed E-state index contributed by atoms with van der Waals surface area (Å²) in [5.41, 5.74) is 0.176. The molecule has 0 aromatic carbocycles. The first-order valence-electron chi connectivity index (χ1n) is 1.53. The van der Waals surface area contributed by atoms with E-state index in [0.717, 1.165) is 0 Å². The van der Waals surface area contributed by atoms with Gasteiger partial charge in [-0.05, 0) is 6.92 Å². The Labute approximate surface area is 52.7 Å². The van der Waals surface area contributed by atoms with Crippen molar-refractivity contribution in [2.75, 3.05) is 0 Å². The minimum atomic E-state index is -0.935. The van der Waals surface area contributed by atoms with E-state index in [4.69, 9.17) is 5.11 Å². The van der Waals surface area contributed by atoms with E-state index in [9.17, 15) is 4.79 Å². The van der Waals surface area contributed by atoms with Gasteiger partial charge in [0.1, 0.15) is 0 Å². The predicted molar refractivity (Wildman–Crippen MR) is 22.4 cm³/mol. The van der Waals surface area contributed by atoms with Crippen molar-refractivity contribution in [2.45, 2.75) is 6.92 Å². The van der Waals surface area contributed by atoms with Crippen LogP contribution in [-0.4, -0.2) is 11.1 Å². The molecule has 0 aliphatic heterocycles. The maximum absolute atomic E-state index is 9.60. The van der Waals surface area contributed by atoms with Crippen molar-refractivity contribution in [3.05, 3.63) is 12.2 Å². The van der Waals surface area contributed by atoms with Gasteiger partial charge in [0.05, 0.1) is 0 Å². The minimum absolute atomic E-state index is 0. The molecular weight excluding hydrogens is 136 g/mol. The van der Waals surface area contributed by atoms with Crippen LogP contribution in [0.2, 0.25) is 0 Å². The number of carboxylic acids is 1. The Hall–Kier alpha value is -0.271. The third kappa shape index (κ3) is 5.73. The van der Waals surface area contributed by atoms with Gasteiger partial charge in [0, 0.05) is 22.6 Å². The van der Waals surface area contributed by atoms with Gasteiger partial charge >= 0.3 is 5.97 Å². The van der Waals surface area contributed by atoms with E-state index in [-0.39, 0.29) is 22.6 Å². The molecule has 0 aromatic heterocycles. The van der Waals surface area contributed by atoms with Crippen LogP contribution in [0, 0.1) is 0 Å². The molecule has 0 fully saturated rings. The zero-order valence-electron chi connectivity index (χ0n) is 3.92. The van der Waals surface area contributed by atoms with Crippen molar-refractivity contribution in [1.29, 1.82) is 0 Å². The molecule has 0 spiro atoms. The molecule has 0 aliphatic carbocycles.